The van der Waals surface area contributed by atoms with Crippen LogP contribution < -0.4 is 0 Å². The highest BCUT2D eigenvalue weighted by atomic mass is 16.3. The Bertz CT molecular complexity index is 1120. The number of benzene rings is 1. The summed E-state index contributed by atoms with van der Waals surface area (Å²) in [6, 6.07) is 9.09. The van der Waals surface area contributed by atoms with Gasteiger partial charge in [-0.1, -0.05) is 0 Å². The molecule has 0 saturated carbocycles. The Kier molecular flexibility index (Phi) is 4.54. The minimum atomic E-state index is 0. The van der Waals surface area contributed by atoms with Crippen molar-refractivity contribution >= 4 is 10.9 Å². The van der Waals surface area contributed by atoms with Gasteiger partial charge in [0.1, 0.15) is 17.5 Å². The van der Waals surface area contributed by atoms with Gasteiger partial charge in [-0.25, -0.2) is 4.98 Å². The molecule has 0 bridgehead atoms. The number of aryl methyl sites for hydroxylation is 2. The molecule has 5 rings (SSSR count). The molecule has 7 heteroatoms. The molecule has 0 atom stereocenters. The third-order valence-corrected chi connectivity index (χ3v) is 4.51. The molecule has 27 heavy (non-hydrogen) atoms. The highest BCUT2D eigenvalue weighted by Crippen LogP contribution is 2.28. The first-order valence-electron chi connectivity index (χ1n) is 8.68. The second-order valence-electron chi connectivity index (χ2n) is 6.32. The molecule has 3 aromatic heterocycles. The first-order chi connectivity index (χ1) is 13.2. The Morgan fingerprint density at radius 1 is 1.19 bits per heavy atom. The summed E-state index contributed by atoms with van der Waals surface area (Å²) < 4.78 is 5.15. The van der Waals surface area contributed by atoms with Crippen LogP contribution in [-0.2, 0) is 12.8 Å². The molecule has 0 radical (unpaired) electrons. The van der Waals surface area contributed by atoms with E-state index in [9.17, 15) is 5.11 Å². The number of nitriles is 1. The molecular weight excluding hydrogens is 342 g/mol. The summed E-state index contributed by atoms with van der Waals surface area (Å²) in [5.41, 5.74) is 4.66. The second kappa shape index (κ2) is 7.30. The number of hydrogen-bond acceptors (Lipinski definition) is 6. The number of pyridine rings is 1. The van der Waals surface area contributed by atoms with Crippen molar-refractivity contribution in [3.05, 3.63) is 59.9 Å². The molecule has 1 aliphatic carbocycles. The first-order valence-corrected chi connectivity index (χ1v) is 8.68. The first kappa shape index (κ1) is 16.8. The highest BCUT2D eigenvalue weighted by molar-refractivity contribution is 5.92. The van der Waals surface area contributed by atoms with Crippen LogP contribution in [0.25, 0.3) is 22.4 Å². The van der Waals surface area contributed by atoms with Gasteiger partial charge in [0.25, 0.3) is 0 Å². The maximum atomic E-state index is 9.38. The standard InChI is InChI=1S/C10H7N3O2.C10H10N2.H2/c14-6-1-2-8-7(3-6)10(13-12-8)9-4-11-5-15-9;11-6-8-5-9-3-1-2-4-10(9)12-7-8;/h1-5,14H,(H,12,13);5,7H,1-4H2;1H. The lowest BCUT2D eigenvalue weighted by molar-refractivity contribution is 0.476. The van der Waals surface area contributed by atoms with Crippen molar-refractivity contribution in [1.29, 1.82) is 5.26 Å². The van der Waals surface area contributed by atoms with E-state index in [1.165, 1.54) is 30.5 Å². The molecule has 0 aliphatic heterocycles. The van der Waals surface area contributed by atoms with Crippen LogP contribution in [0.3, 0.4) is 0 Å². The Hall–Kier alpha value is -3.66. The Balaban J connectivity index is 0.000000159. The van der Waals surface area contributed by atoms with Crippen LogP contribution in [0.5, 0.6) is 5.75 Å². The topological polar surface area (TPSA) is 112 Å². The number of nitrogens with zero attached hydrogens (tertiary/aromatic N) is 4. The van der Waals surface area contributed by atoms with Crippen molar-refractivity contribution in [2.24, 2.45) is 0 Å². The number of hydrogen-bond donors (Lipinski definition) is 2. The van der Waals surface area contributed by atoms with Crippen molar-refractivity contribution in [3.63, 3.8) is 0 Å². The molecular formula is C20H19N5O2. The van der Waals surface area contributed by atoms with E-state index in [0.29, 0.717) is 17.0 Å². The number of aromatic nitrogens is 4. The average molecular weight is 361 g/mol. The molecule has 0 spiro atoms. The monoisotopic (exact) mass is 361 g/mol. The summed E-state index contributed by atoms with van der Waals surface area (Å²) in [6.07, 6.45) is 9.26. The Morgan fingerprint density at radius 2 is 2.07 bits per heavy atom. The van der Waals surface area contributed by atoms with Gasteiger partial charge in [-0.2, -0.15) is 10.4 Å². The normalized spacial score (nSPS) is 12.7. The minimum Gasteiger partial charge on any atom is -0.508 e. The summed E-state index contributed by atoms with van der Waals surface area (Å²) in [4.78, 5) is 8.09. The van der Waals surface area contributed by atoms with Gasteiger partial charge in [0.05, 0.1) is 17.3 Å². The summed E-state index contributed by atoms with van der Waals surface area (Å²) in [6.45, 7) is 0. The molecule has 0 unspecified atom stereocenters. The van der Waals surface area contributed by atoms with Crippen LogP contribution in [0.2, 0.25) is 0 Å². The van der Waals surface area contributed by atoms with Gasteiger partial charge in [-0.15, -0.1) is 0 Å². The van der Waals surface area contributed by atoms with Gasteiger partial charge in [-0.3, -0.25) is 10.1 Å². The van der Waals surface area contributed by atoms with E-state index in [0.717, 1.165) is 23.7 Å². The number of phenols is 1. The van der Waals surface area contributed by atoms with E-state index >= 15 is 0 Å². The Labute approximate surface area is 156 Å². The predicted molar refractivity (Wildman–Crippen MR) is 101 cm³/mol. The molecule has 0 amide bonds. The molecule has 0 fully saturated rings. The van der Waals surface area contributed by atoms with Crippen molar-refractivity contribution in [2.45, 2.75) is 25.7 Å². The zero-order valence-corrected chi connectivity index (χ0v) is 14.5. The lowest BCUT2D eigenvalue weighted by Crippen LogP contribution is -2.05. The van der Waals surface area contributed by atoms with Gasteiger partial charge in [0.2, 0.25) is 0 Å². The number of H-pyrrole nitrogens is 1. The predicted octanol–water partition coefficient (Wildman–Crippen LogP) is 4.00. The maximum absolute atomic E-state index is 9.38. The summed E-state index contributed by atoms with van der Waals surface area (Å²) in [5.74, 6) is 0.775. The van der Waals surface area contributed by atoms with Gasteiger partial charge in [0.15, 0.2) is 12.2 Å². The van der Waals surface area contributed by atoms with Crippen molar-refractivity contribution in [3.8, 4) is 23.3 Å². The Morgan fingerprint density at radius 3 is 2.89 bits per heavy atom. The smallest absolute Gasteiger partial charge is 0.181 e. The zero-order valence-electron chi connectivity index (χ0n) is 14.5. The third kappa shape index (κ3) is 3.51. The molecule has 1 aromatic carbocycles. The molecule has 136 valence electrons. The molecule has 7 nitrogen and oxygen atoms in total. The van der Waals surface area contributed by atoms with Crippen LogP contribution in [-0.4, -0.2) is 25.3 Å². The second-order valence-corrected chi connectivity index (χ2v) is 6.32. The van der Waals surface area contributed by atoms with Crippen LogP contribution in [0.4, 0.5) is 0 Å². The fourth-order valence-electron chi connectivity index (χ4n) is 3.17. The molecule has 4 aromatic rings. The van der Waals surface area contributed by atoms with Crippen LogP contribution >= 0.6 is 0 Å². The van der Waals surface area contributed by atoms with Crippen molar-refractivity contribution in [1.82, 2.24) is 20.2 Å². The van der Waals surface area contributed by atoms with E-state index in [4.69, 9.17) is 9.68 Å². The number of aromatic amines is 1. The highest BCUT2D eigenvalue weighted by Gasteiger charge is 2.11. The van der Waals surface area contributed by atoms with Gasteiger partial charge >= 0.3 is 0 Å². The SMILES string of the molecule is N#Cc1cnc2c(c1)CCCC2.Oc1ccc2[nH]nc(-c3cnco3)c2c1.[HH]. The number of oxazole rings is 1. The summed E-state index contributed by atoms with van der Waals surface area (Å²) in [5, 5.41) is 25.8. The van der Waals surface area contributed by atoms with E-state index in [1.54, 1.807) is 30.6 Å². The summed E-state index contributed by atoms with van der Waals surface area (Å²) in [7, 11) is 0. The van der Waals surface area contributed by atoms with E-state index in [-0.39, 0.29) is 7.18 Å². The third-order valence-electron chi connectivity index (χ3n) is 4.51. The number of aromatic hydroxyl groups is 1. The van der Waals surface area contributed by atoms with E-state index in [2.05, 4.69) is 26.2 Å². The van der Waals surface area contributed by atoms with E-state index < -0.39 is 0 Å². The maximum Gasteiger partial charge on any atom is 0.181 e. The molecule has 1 aliphatic rings. The van der Waals surface area contributed by atoms with Gasteiger partial charge in [0, 0.05) is 18.7 Å². The average Bonchev–Trinajstić information content (AvgIpc) is 3.37. The van der Waals surface area contributed by atoms with Gasteiger partial charge < -0.3 is 9.52 Å². The fraction of sp³-hybridized carbons (Fsp3) is 0.200. The molecule has 2 N–H and O–H groups in total. The number of phenolic OH excluding ortho intramolecular Hbond substituents is 1. The molecule has 0 saturated heterocycles. The van der Waals surface area contributed by atoms with Gasteiger partial charge in [-0.05, 0) is 55.5 Å². The zero-order chi connectivity index (χ0) is 18.6. The quantitative estimate of drug-likeness (QED) is 0.530. The van der Waals surface area contributed by atoms with E-state index in [1.807, 2.05) is 6.07 Å². The minimum absolute atomic E-state index is 0. The fourth-order valence-corrected chi connectivity index (χ4v) is 3.17. The number of fused-ring (bicyclic) bond motifs is 2. The lowest BCUT2D eigenvalue weighted by atomic mass is 9.95. The van der Waals surface area contributed by atoms with Crippen molar-refractivity contribution in [2.75, 3.05) is 0 Å². The van der Waals surface area contributed by atoms with Crippen LogP contribution in [0, 0.1) is 11.3 Å². The van der Waals surface area contributed by atoms with Crippen LogP contribution in [0.15, 0.2) is 47.5 Å². The van der Waals surface area contributed by atoms with Crippen LogP contribution in [0.1, 0.15) is 31.1 Å². The summed E-state index contributed by atoms with van der Waals surface area (Å²) >= 11 is 0. The number of nitrogens with one attached hydrogen (secondary N) is 1. The van der Waals surface area contributed by atoms with Crippen molar-refractivity contribution < 1.29 is 11.0 Å². The largest absolute Gasteiger partial charge is 0.508 e. The number of rotatable bonds is 1. The lowest BCUT2D eigenvalue weighted by Gasteiger charge is -2.13. The molecule has 3 heterocycles.